The fourth-order valence-corrected chi connectivity index (χ4v) is 3.79. The maximum Gasteiger partial charge on any atom is 0.240 e. The number of nitrogens with zero attached hydrogens (tertiary/aromatic N) is 2. The highest BCUT2D eigenvalue weighted by molar-refractivity contribution is 7.89. The lowest BCUT2D eigenvalue weighted by molar-refractivity contribution is -0.114. The zero-order chi connectivity index (χ0) is 23.0. The van der Waals surface area contributed by atoms with Crippen LogP contribution < -0.4 is 19.5 Å². The van der Waals surface area contributed by atoms with Crippen LogP contribution >= 0.6 is 0 Å². The SMILES string of the molecule is CCOc1ccc(-c2ccc(OCCNS(=O)(=O)c3ccc(NC(C)=O)cc3)nn2)cc1. The molecule has 1 heterocycles. The Morgan fingerprint density at radius 3 is 2.25 bits per heavy atom. The van der Waals surface area contributed by atoms with Crippen LogP contribution in [0.15, 0.2) is 65.6 Å². The molecule has 0 saturated carbocycles. The molecule has 0 aliphatic carbocycles. The highest BCUT2D eigenvalue weighted by Gasteiger charge is 2.13. The smallest absolute Gasteiger partial charge is 0.240 e. The molecule has 2 aromatic carbocycles. The van der Waals surface area contributed by atoms with Crippen molar-refractivity contribution in [3.05, 3.63) is 60.7 Å². The van der Waals surface area contributed by atoms with Gasteiger partial charge in [-0.2, -0.15) is 0 Å². The first-order chi connectivity index (χ1) is 15.4. The van der Waals surface area contributed by atoms with Crippen molar-refractivity contribution in [2.45, 2.75) is 18.7 Å². The minimum atomic E-state index is -3.70. The molecule has 1 aromatic heterocycles. The number of anilines is 1. The molecule has 0 aliphatic heterocycles. The standard InChI is InChI=1S/C22H24N4O5S/c1-3-30-19-8-4-17(5-9-19)21-12-13-22(26-25-21)31-15-14-23-32(28,29)20-10-6-18(7-11-20)24-16(2)27/h4-13,23H,3,14-15H2,1-2H3,(H,24,27). The van der Waals surface area contributed by atoms with Crippen molar-refractivity contribution in [1.82, 2.24) is 14.9 Å². The van der Waals surface area contributed by atoms with Gasteiger partial charge in [-0.05, 0) is 61.5 Å². The van der Waals surface area contributed by atoms with E-state index in [1.807, 2.05) is 31.2 Å². The van der Waals surface area contributed by atoms with Crippen LogP contribution in [0.25, 0.3) is 11.3 Å². The van der Waals surface area contributed by atoms with Crippen LogP contribution in [-0.2, 0) is 14.8 Å². The Morgan fingerprint density at radius 1 is 0.938 bits per heavy atom. The van der Waals surface area contributed by atoms with E-state index in [1.54, 1.807) is 12.1 Å². The number of amides is 1. The van der Waals surface area contributed by atoms with Gasteiger partial charge in [0.25, 0.3) is 0 Å². The first-order valence-corrected chi connectivity index (χ1v) is 11.4. The number of carbonyl (C=O) groups excluding carboxylic acids is 1. The maximum atomic E-state index is 12.4. The largest absolute Gasteiger partial charge is 0.494 e. The van der Waals surface area contributed by atoms with Crippen molar-refractivity contribution in [2.75, 3.05) is 25.1 Å². The Kier molecular flexibility index (Phi) is 7.74. The summed E-state index contributed by atoms with van der Waals surface area (Å²) in [5.41, 5.74) is 2.10. The lowest BCUT2D eigenvalue weighted by atomic mass is 10.1. The summed E-state index contributed by atoms with van der Waals surface area (Å²) >= 11 is 0. The van der Waals surface area contributed by atoms with E-state index in [4.69, 9.17) is 9.47 Å². The molecule has 0 aliphatic rings. The summed E-state index contributed by atoms with van der Waals surface area (Å²) < 4.78 is 38.1. The molecule has 10 heteroatoms. The topological polar surface area (TPSA) is 120 Å². The zero-order valence-corrected chi connectivity index (χ0v) is 18.6. The molecule has 3 aromatic rings. The second-order valence-electron chi connectivity index (χ2n) is 6.67. The number of nitrogens with one attached hydrogen (secondary N) is 2. The highest BCUT2D eigenvalue weighted by atomic mass is 32.2. The van der Waals surface area contributed by atoms with Crippen molar-refractivity contribution in [1.29, 1.82) is 0 Å². The van der Waals surface area contributed by atoms with Crippen molar-refractivity contribution >= 4 is 21.6 Å². The van der Waals surface area contributed by atoms with Crippen LogP contribution in [0.4, 0.5) is 5.69 Å². The lowest BCUT2D eigenvalue weighted by Gasteiger charge is -2.09. The van der Waals surface area contributed by atoms with Gasteiger partial charge in [-0.1, -0.05) is 0 Å². The van der Waals surface area contributed by atoms with Gasteiger partial charge in [0.05, 0.1) is 17.2 Å². The van der Waals surface area contributed by atoms with Gasteiger partial charge < -0.3 is 14.8 Å². The predicted molar refractivity (Wildman–Crippen MR) is 120 cm³/mol. The summed E-state index contributed by atoms with van der Waals surface area (Å²) in [6, 6.07) is 16.9. The molecule has 1 amide bonds. The van der Waals surface area contributed by atoms with E-state index < -0.39 is 10.0 Å². The Bertz CT molecular complexity index is 1130. The van der Waals surface area contributed by atoms with E-state index in [2.05, 4.69) is 20.2 Å². The molecule has 0 fully saturated rings. The Morgan fingerprint density at radius 2 is 1.66 bits per heavy atom. The van der Waals surface area contributed by atoms with Crippen molar-refractivity contribution < 1.29 is 22.7 Å². The third-order valence-electron chi connectivity index (χ3n) is 4.23. The number of ether oxygens (including phenoxy) is 2. The van der Waals surface area contributed by atoms with Gasteiger partial charge in [-0.3, -0.25) is 4.79 Å². The zero-order valence-electron chi connectivity index (χ0n) is 17.7. The quantitative estimate of drug-likeness (QED) is 0.450. The van der Waals surface area contributed by atoms with Gasteiger partial charge in [0.15, 0.2) is 0 Å². The summed E-state index contributed by atoms with van der Waals surface area (Å²) in [6.07, 6.45) is 0. The van der Waals surface area contributed by atoms with E-state index in [-0.39, 0.29) is 24.0 Å². The summed E-state index contributed by atoms with van der Waals surface area (Å²) in [6.45, 7) is 4.05. The summed E-state index contributed by atoms with van der Waals surface area (Å²) in [5.74, 6) is 0.848. The molecule has 0 unspecified atom stereocenters. The van der Waals surface area contributed by atoms with Crippen LogP contribution in [-0.4, -0.2) is 44.3 Å². The van der Waals surface area contributed by atoms with Gasteiger partial charge in [0.1, 0.15) is 12.4 Å². The van der Waals surface area contributed by atoms with Crippen LogP contribution in [0.3, 0.4) is 0 Å². The Balaban J connectivity index is 1.49. The predicted octanol–water partition coefficient (Wildman–Crippen LogP) is 2.86. The number of sulfonamides is 1. The Hall–Kier alpha value is -3.50. The average molecular weight is 457 g/mol. The molecular weight excluding hydrogens is 432 g/mol. The maximum absolute atomic E-state index is 12.4. The molecule has 9 nitrogen and oxygen atoms in total. The lowest BCUT2D eigenvalue weighted by Crippen LogP contribution is -2.28. The van der Waals surface area contributed by atoms with E-state index in [0.717, 1.165) is 11.3 Å². The van der Waals surface area contributed by atoms with Gasteiger partial charge >= 0.3 is 0 Å². The molecule has 0 saturated heterocycles. The summed E-state index contributed by atoms with van der Waals surface area (Å²) in [7, 11) is -3.70. The summed E-state index contributed by atoms with van der Waals surface area (Å²) in [4.78, 5) is 11.1. The van der Waals surface area contributed by atoms with Crippen molar-refractivity contribution in [3.63, 3.8) is 0 Å². The number of rotatable bonds is 10. The molecule has 0 bridgehead atoms. The first kappa shape index (κ1) is 23.2. The fourth-order valence-electron chi connectivity index (χ4n) is 2.78. The van der Waals surface area contributed by atoms with E-state index in [0.29, 0.717) is 23.9 Å². The number of hydrogen-bond donors (Lipinski definition) is 2. The van der Waals surface area contributed by atoms with Crippen LogP contribution in [0.2, 0.25) is 0 Å². The van der Waals surface area contributed by atoms with Crippen LogP contribution in [0.5, 0.6) is 11.6 Å². The van der Waals surface area contributed by atoms with Gasteiger partial charge in [0.2, 0.25) is 21.8 Å². The van der Waals surface area contributed by atoms with Crippen molar-refractivity contribution in [3.8, 4) is 22.9 Å². The molecule has 2 N–H and O–H groups in total. The van der Waals surface area contributed by atoms with Gasteiger partial charge in [-0.25, -0.2) is 13.1 Å². The van der Waals surface area contributed by atoms with Gasteiger partial charge in [-0.15, -0.1) is 10.2 Å². The minimum absolute atomic E-state index is 0.0537. The van der Waals surface area contributed by atoms with Crippen LogP contribution in [0.1, 0.15) is 13.8 Å². The van der Waals surface area contributed by atoms with E-state index in [9.17, 15) is 13.2 Å². The molecule has 168 valence electrons. The Labute approximate surface area is 186 Å². The van der Waals surface area contributed by atoms with E-state index in [1.165, 1.54) is 31.2 Å². The first-order valence-electron chi connectivity index (χ1n) is 9.94. The highest BCUT2D eigenvalue weighted by Crippen LogP contribution is 2.21. The second kappa shape index (κ2) is 10.7. The molecule has 0 radical (unpaired) electrons. The van der Waals surface area contributed by atoms with Crippen LogP contribution in [0, 0.1) is 0 Å². The van der Waals surface area contributed by atoms with Gasteiger partial charge in [0, 0.05) is 30.8 Å². The third kappa shape index (κ3) is 6.50. The summed E-state index contributed by atoms with van der Waals surface area (Å²) in [5, 5.41) is 10.8. The molecule has 3 rings (SSSR count). The van der Waals surface area contributed by atoms with E-state index >= 15 is 0 Å². The monoisotopic (exact) mass is 456 g/mol. The average Bonchev–Trinajstić information content (AvgIpc) is 2.78. The minimum Gasteiger partial charge on any atom is -0.494 e. The normalized spacial score (nSPS) is 11.1. The van der Waals surface area contributed by atoms with Crippen molar-refractivity contribution in [2.24, 2.45) is 0 Å². The third-order valence-corrected chi connectivity index (χ3v) is 5.71. The number of aromatic nitrogens is 2. The second-order valence-corrected chi connectivity index (χ2v) is 8.43. The molecular formula is C22H24N4O5S. The molecule has 0 spiro atoms. The number of carbonyl (C=O) groups is 1. The molecule has 0 atom stereocenters. The molecule has 32 heavy (non-hydrogen) atoms. The fraction of sp³-hybridized carbons (Fsp3) is 0.227. The number of benzene rings is 2. The number of hydrogen-bond acceptors (Lipinski definition) is 7.